The van der Waals surface area contributed by atoms with E-state index in [1.165, 1.54) is 18.6 Å². The fraction of sp³-hybridized carbons (Fsp3) is 0.562. The molecule has 0 saturated heterocycles. The second-order valence-electron chi connectivity index (χ2n) is 5.34. The van der Waals surface area contributed by atoms with Crippen LogP contribution in [0.2, 0.25) is 0 Å². The Morgan fingerprint density at radius 2 is 1.90 bits per heavy atom. The van der Waals surface area contributed by atoms with E-state index in [1.54, 1.807) is 12.1 Å². The molecular weight excluding hydrogens is 257 g/mol. The van der Waals surface area contributed by atoms with Gasteiger partial charge in [0.25, 0.3) is 0 Å². The van der Waals surface area contributed by atoms with Gasteiger partial charge >= 0.3 is 5.97 Å². The van der Waals surface area contributed by atoms with E-state index >= 15 is 0 Å². The lowest BCUT2D eigenvalue weighted by Gasteiger charge is -2.35. The normalized spacial score (nSPS) is 17.7. The number of carbonyl (C=O) groups is 1. The first-order valence-corrected chi connectivity index (χ1v) is 7.33. The monoisotopic (exact) mass is 279 g/mol. The van der Waals surface area contributed by atoms with Crippen molar-refractivity contribution < 1.29 is 13.9 Å². The van der Waals surface area contributed by atoms with Crippen molar-refractivity contribution >= 4 is 5.97 Å². The van der Waals surface area contributed by atoms with Crippen LogP contribution >= 0.6 is 0 Å². The predicted molar refractivity (Wildman–Crippen MR) is 75.7 cm³/mol. The summed E-state index contributed by atoms with van der Waals surface area (Å²) in [7, 11) is 0. The van der Waals surface area contributed by atoms with Crippen molar-refractivity contribution in [3.8, 4) is 0 Å². The maximum Gasteiger partial charge on any atom is 0.326 e. The van der Waals surface area contributed by atoms with Crippen molar-refractivity contribution in [2.24, 2.45) is 0 Å². The molecule has 1 fully saturated rings. The van der Waals surface area contributed by atoms with E-state index in [9.17, 15) is 9.18 Å². The summed E-state index contributed by atoms with van der Waals surface area (Å²) < 4.78 is 18.1. The molecule has 0 bridgehead atoms. The Morgan fingerprint density at radius 1 is 1.25 bits per heavy atom. The van der Waals surface area contributed by atoms with Gasteiger partial charge in [-0.2, -0.15) is 0 Å². The largest absolute Gasteiger partial charge is 0.465 e. The summed E-state index contributed by atoms with van der Waals surface area (Å²) in [4.78, 5) is 12.3. The van der Waals surface area contributed by atoms with E-state index in [4.69, 9.17) is 4.74 Å². The molecule has 0 unspecified atom stereocenters. The zero-order chi connectivity index (χ0) is 14.4. The molecule has 0 spiro atoms. The highest BCUT2D eigenvalue weighted by atomic mass is 19.1. The van der Waals surface area contributed by atoms with Crippen molar-refractivity contribution in [3.63, 3.8) is 0 Å². The van der Waals surface area contributed by atoms with E-state index in [2.05, 4.69) is 5.32 Å². The first-order valence-electron chi connectivity index (χ1n) is 7.33. The molecule has 0 heterocycles. The van der Waals surface area contributed by atoms with Crippen LogP contribution in [0.15, 0.2) is 24.3 Å². The fourth-order valence-corrected chi connectivity index (χ4v) is 2.75. The van der Waals surface area contributed by atoms with Crippen LogP contribution in [0, 0.1) is 5.82 Å². The van der Waals surface area contributed by atoms with Crippen LogP contribution < -0.4 is 5.32 Å². The van der Waals surface area contributed by atoms with Crippen LogP contribution in [0.1, 0.15) is 44.6 Å². The Balaban J connectivity index is 2.03. The lowest BCUT2D eigenvalue weighted by atomic mass is 9.81. The second kappa shape index (κ2) is 6.84. The zero-order valence-electron chi connectivity index (χ0n) is 12.0. The topological polar surface area (TPSA) is 38.3 Å². The minimum Gasteiger partial charge on any atom is -0.465 e. The van der Waals surface area contributed by atoms with Gasteiger partial charge in [-0.05, 0) is 37.5 Å². The summed E-state index contributed by atoms with van der Waals surface area (Å²) in [6.45, 7) is 2.78. The highest BCUT2D eigenvalue weighted by Gasteiger charge is 2.40. The number of hydrogen-bond acceptors (Lipinski definition) is 3. The van der Waals surface area contributed by atoms with Gasteiger partial charge < -0.3 is 4.74 Å². The van der Waals surface area contributed by atoms with Gasteiger partial charge in [-0.25, -0.2) is 4.39 Å². The number of ether oxygens (including phenoxy) is 1. The van der Waals surface area contributed by atoms with Crippen molar-refractivity contribution in [2.45, 2.75) is 51.1 Å². The van der Waals surface area contributed by atoms with Gasteiger partial charge in [-0.3, -0.25) is 10.1 Å². The summed E-state index contributed by atoms with van der Waals surface area (Å²) in [5.41, 5.74) is 0.406. The quantitative estimate of drug-likeness (QED) is 0.841. The van der Waals surface area contributed by atoms with E-state index in [-0.39, 0.29) is 11.8 Å². The van der Waals surface area contributed by atoms with Crippen LogP contribution in [-0.4, -0.2) is 18.1 Å². The van der Waals surface area contributed by atoms with Gasteiger partial charge in [0.05, 0.1) is 6.61 Å². The number of carbonyl (C=O) groups excluding carboxylic acids is 1. The number of halogens is 1. The Kier molecular flexibility index (Phi) is 5.12. The molecule has 0 radical (unpaired) electrons. The van der Waals surface area contributed by atoms with Gasteiger partial charge in [0, 0.05) is 6.54 Å². The minimum absolute atomic E-state index is 0.151. The zero-order valence-corrected chi connectivity index (χ0v) is 12.0. The Bertz CT molecular complexity index is 438. The summed E-state index contributed by atoms with van der Waals surface area (Å²) in [5, 5.41) is 3.36. The number of nitrogens with one attached hydrogen (secondary N) is 1. The van der Waals surface area contributed by atoms with Crippen molar-refractivity contribution in [1.29, 1.82) is 0 Å². The van der Waals surface area contributed by atoms with Crippen molar-refractivity contribution in [3.05, 3.63) is 35.6 Å². The smallest absolute Gasteiger partial charge is 0.326 e. The molecular formula is C16H22FNO2. The molecule has 0 aliphatic heterocycles. The maximum atomic E-state index is 12.9. The lowest BCUT2D eigenvalue weighted by molar-refractivity contribution is -0.153. The fourth-order valence-electron chi connectivity index (χ4n) is 2.75. The average Bonchev–Trinajstić information content (AvgIpc) is 2.48. The van der Waals surface area contributed by atoms with Crippen LogP contribution in [0.3, 0.4) is 0 Å². The van der Waals surface area contributed by atoms with Gasteiger partial charge in [-0.15, -0.1) is 0 Å². The van der Waals surface area contributed by atoms with Crippen LogP contribution in [0.4, 0.5) is 4.39 Å². The molecule has 20 heavy (non-hydrogen) atoms. The standard InChI is InChI=1S/C16H22FNO2/c1-2-20-15(19)16(10-4-3-5-11-16)18-12-13-6-8-14(17)9-7-13/h6-9,18H,2-5,10-12H2,1H3. The second-order valence-corrected chi connectivity index (χ2v) is 5.34. The van der Waals surface area contributed by atoms with E-state index in [0.29, 0.717) is 13.2 Å². The SMILES string of the molecule is CCOC(=O)C1(NCc2ccc(F)cc2)CCCCC1. The molecule has 1 N–H and O–H groups in total. The van der Waals surface area contributed by atoms with Gasteiger partial charge in [0.1, 0.15) is 11.4 Å². The Labute approximate surface area is 119 Å². The van der Waals surface area contributed by atoms with E-state index < -0.39 is 5.54 Å². The minimum atomic E-state index is -0.567. The predicted octanol–water partition coefficient (Wildman–Crippen LogP) is 3.18. The highest BCUT2D eigenvalue weighted by molar-refractivity contribution is 5.81. The maximum absolute atomic E-state index is 12.9. The van der Waals surface area contributed by atoms with E-state index in [1.807, 2.05) is 6.92 Å². The number of esters is 1. The molecule has 1 aromatic carbocycles. The first-order chi connectivity index (χ1) is 9.66. The lowest BCUT2D eigenvalue weighted by Crippen LogP contribution is -2.53. The van der Waals surface area contributed by atoms with Crippen molar-refractivity contribution in [1.82, 2.24) is 5.32 Å². The number of benzene rings is 1. The summed E-state index contributed by atoms with van der Waals surface area (Å²) in [6, 6.07) is 6.36. The molecule has 1 aromatic rings. The molecule has 110 valence electrons. The summed E-state index contributed by atoms with van der Waals surface area (Å²) >= 11 is 0. The van der Waals surface area contributed by atoms with Crippen LogP contribution in [0.5, 0.6) is 0 Å². The molecule has 0 atom stereocenters. The third kappa shape index (κ3) is 3.57. The van der Waals surface area contributed by atoms with Crippen LogP contribution in [-0.2, 0) is 16.1 Å². The Hall–Kier alpha value is -1.42. The Morgan fingerprint density at radius 3 is 2.50 bits per heavy atom. The number of rotatable bonds is 5. The molecule has 1 aliphatic carbocycles. The average molecular weight is 279 g/mol. The first kappa shape index (κ1) is 15.0. The number of hydrogen-bond donors (Lipinski definition) is 1. The van der Waals surface area contributed by atoms with Gasteiger partial charge in [-0.1, -0.05) is 31.4 Å². The summed E-state index contributed by atoms with van der Waals surface area (Å²) in [6.07, 6.45) is 4.86. The summed E-state index contributed by atoms with van der Waals surface area (Å²) in [5.74, 6) is -0.395. The molecule has 4 heteroatoms. The molecule has 0 aromatic heterocycles. The molecule has 2 rings (SSSR count). The molecule has 0 amide bonds. The molecule has 1 aliphatic rings. The third-order valence-electron chi connectivity index (χ3n) is 3.92. The van der Waals surface area contributed by atoms with Crippen LogP contribution in [0.25, 0.3) is 0 Å². The third-order valence-corrected chi connectivity index (χ3v) is 3.92. The highest BCUT2D eigenvalue weighted by Crippen LogP contribution is 2.30. The van der Waals surface area contributed by atoms with Gasteiger partial charge in [0.2, 0.25) is 0 Å². The molecule has 3 nitrogen and oxygen atoms in total. The van der Waals surface area contributed by atoms with Crippen molar-refractivity contribution in [2.75, 3.05) is 6.61 Å². The van der Waals surface area contributed by atoms with Gasteiger partial charge in [0.15, 0.2) is 0 Å². The molecule has 1 saturated carbocycles. The van der Waals surface area contributed by atoms with E-state index in [0.717, 1.165) is 31.2 Å².